The van der Waals surface area contributed by atoms with E-state index in [0.717, 1.165) is 70.7 Å². The maximum atomic E-state index is 13.2. The molecular weight excluding hydrogens is 440 g/mol. The summed E-state index contributed by atoms with van der Waals surface area (Å²) < 4.78 is 11.1. The van der Waals surface area contributed by atoms with Crippen LogP contribution in [-0.4, -0.2) is 62.0 Å². The molecule has 2 aromatic carbocycles. The first kappa shape index (κ1) is 24.3. The van der Waals surface area contributed by atoms with E-state index in [9.17, 15) is 4.79 Å². The number of benzene rings is 2. The number of carbonyl (C=O) groups excluding carboxylic acids is 1. The molecule has 1 unspecified atom stereocenters. The summed E-state index contributed by atoms with van der Waals surface area (Å²) in [4.78, 5) is 15.7. The van der Waals surface area contributed by atoms with E-state index in [1.807, 2.05) is 12.1 Å². The van der Waals surface area contributed by atoms with Gasteiger partial charge in [0.05, 0.1) is 6.61 Å². The number of hydrogen-bond acceptors (Lipinski definition) is 5. The second-order valence-electron chi connectivity index (χ2n) is 10.6. The summed E-state index contributed by atoms with van der Waals surface area (Å²) in [5, 5.41) is 12.2. The highest BCUT2D eigenvalue weighted by atomic mass is 16.5. The van der Waals surface area contributed by atoms with Gasteiger partial charge in [0, 0.05) is 37.6 Å². The van der Waals surface area contributed by atoms with Crippen LogP contribution in [0.25, 0.3) is 0 Å². The number of nitrogens with zero attached hydrogens (tertiary/aromatic N) is 1. The molecule has 1 saturated carbocycles. The van der Waals surface area contributed by atoms with Gasteiger partial charge < -0.3 is 19.9 Å². The van der Waals surface area contributed by atoms with Gasteiger partial charge in [0.2, 0.25) is 5.91 Å². The van der Waals surface area contributed by atoms with Crippen LogP contribution in [0.1, 0.15) is 43.2 Å². The zero-order valence-electron chi connectivity index (χ0n) is 20.6. The third kappa shape index (κ3) is 5.55. The first-order valence-corrected chi connectivity index (χ1v) is 13.1. The topological polar surface area (TPSA) is 71.0 Å². The number of carbonyl (C=O) groups is 1. The second kappa shape index (κ2) is 10.7. The van der Waals surface area contributed by atoms with Crippen LogP contribution < -0.4 is 10.1 Å². The van der Waals surface area contributed by atoms with Gasteiger partial charge in [-0.1, -0.05) is 42.5 Å². The van der Waals surface area contributed by atoms with Crippen LogP contribution in [0.4, 0.5) is 0 Å². The number of piperidine rings is 1. The largest absolute Gasteiger partial charge is 0.491 e. The maximum Gasteiger partial charge on any atom is 0.223 e. The summed E-state index contributed by atoms with van der Waals surface area (Å²) in [5.74, 6) is 1.21. The summed E-state index contributed by atoms with van der Waals surface area (Å²) in [7, 11) is 0. The molecule has 3 aliphatic rings. The molecule has 3 fully saturated rings. The van der Waals surface area contributed by atoms with Gasteiger partial charge in [0.25, 0.3) is 0 Å². The third-order valence-electron chi connectivity index (χ3n) is 8.48. The number of nitrogens with one attached hydrogen (secondary N) is 1. The van der Waals surface area contributed by atoms with Crippen LogP contribution >= 0.6 is 0 Å². The zero-order chi connectivity index (χ0) is 24.1. The van der Waals surface area contributed by atoms with Crippen LogP contribution in [0.3, 0.4) is 0 Å². The van der Waals surface area contributed by atoms with Crippen molar-refractivity contribution in [2.24, 2.45) is 11.3 Å². The van der Waals surface area contributed by atoms with Crippen molar-refractivity contribution in [3.63, 3.8) is 0 Å². The molecule has 1 aliphatic carbocycles. The van der Waals surface area contributed by atoms with Crippen molar-refractivity contribution < 1.29 is 19.4 Å². The highest BCUT2D eigenvalue weighted by Gasteiger charge is 2.58. The Bertz CT molecular complexity index is 964. The minimum Gasteiger partial charge on any atom is -0.491 e. The second-order valence-corrected chi connectivity index (χ2v) is 10.6. The first-order valence-electron chi connectivity index (χ1n) is 13.1. The number of likely N-dealkylation sites (tertiary alicyclic amines) is 1. The molecule has 0 aromatic heterocycles. The van der Waals surface area contributed by atoms with Crippen molar-refractivity contribution in [2.75, 3.05) is 46.1 Å². The lowest BCUT2D eigenvalue weighted by Gasteiger charge is -2.38. The average molecular weight is 479 g/mol. The fourth-order valence-electron chi connectivity index (χ4n) is 6.04. The molecule has 2 saturated heterocycles. The Hall–Kier alpha value is -2.41. The number of rotatable bonds is 9. The molecule has 1 amide bonds. The minimum atomic E-state index is -0.0146. The molecule has 5 rings (SSSR count). The molecule has 1 spiro atoms. The van der Waals surface area contributed by atoms with E-state index >= 15 is 0 Å². The molecule has 188 valence electrons. The number of ether oxygens (including phenoxy) is 2. The number of amides is 1. The van der Waals surface area contributed by atoms with Crippen molar-refractivity contribution >= 4 is 5.91 Å². The number of aliphatic hydroxyl groups excluding tert-OH is 1. The predicted octanol–water partition coefficient (Wildman–Crippen LogP) is 3.52. The molecular formula is C29H38N2O4. The summed E-state index contributed by atoms with van der Waals surface area (Å²) in [5.41, 5.74) is 2.78. The summed E-state index contributed by atoms with van der Waals surface area (Å²) >= 11 is 0. The molecule has 2 aliphatic heterocycles. The standard InChI is InChI=1S/C29H38N2O4/c32-16-19-35-25-8-6-23(7-9-25)21-31-14-10-28(11-15-31)20-26(28)27(33)30-22-29(12-17-34-18-13-29)24-4-2-1-3-5-24/h1-9,26,32H,10-22H2,(H,30,33). The minimum absolute atomic E-state index is 0.0146. The lowest BCUT2D eigenvalue weighted by molar-refractivity contribution is -0.124. The predicted molar refractivity (Wildman–Crippen MR) is 135 cm³/mol. The van der Waals surface area contributed by atoms with Gasteiger partial charge >= 0.3 is 0 Å². The molecule has 2 N–H and O–H groups in total. The molecule has 6 nitrogen and oxygen atoms in total. The van der Waals surface area contributed by atoms with E-state index in [4.69, 9.17) is 14.6 Å². The fourth-order valence-corrected chi connectivity index (χ4v) is 6.04. The quantitative estimate of drug-likeness (QED) is 0.577. The molecule has 2 heterocycles. The monoisotopic (exact) mass is 478 g/mol. The number of hydrogen-bond donors (Lipinski definition) is 2. The van der Waals surface area contributed by atoms with Gasteiger partial charge in [-0.25, -0.2) is 0 Å². The summed E-state index contributed by atoms with van der Waals surface area (Å²) in [6, 6.07) is 18.8. The molecule has 2 aromatic rings. The Morgan fingerprint density at radius 1 is 1.03 bits per heavy atom. The zero-order valence-corrected chi connectivity index (χ0v) is 20.6. The third-order valence-corrected chi connectivity index (χ3v) is 8.48. The van der Waals surface area contributed by atoms with E-state index in [0.29, 0.717) is 13.2 Å². The lowest BCUT2D eigenvalue weighted by atomic mass is 9.74. The average Bonchev–Trinajstić information content (AvgIpc) is 3.62. The van der Waals surface area contributed by atoms with Gasteiger partial charge in [-0.05, 0) is 73.9 Å². The molecule has 1 atom stereocenters. The smallest absolute Gasteiger partial charge is 0.223 e. The van der Waals surface area contributed by atoms with Gasteiger partial charge in [-0.2, -0.15) is 0 Å². The van der Waals surface area contributed by atoms with Crippen molar-refractivity contribution in [1.29, 1.82) is 0 Å². The Balaban J connectivity index is 1.10. The van der Waals surface area contributed by atoms with Gasteiger partial charge in [-0.3, -0.25) is 9.69 Å². The highest BCUT2D eigenvalue weighted by molar-refractivity contribution is 5.82. The Labute approximate surface area is 208 Å². The van der Waals surface area contributed by atoms with E-state index < -0.39 is 0 Å². The van der Waals surface area contributed by atoms with Gasteiger partial charge in [-0.15, -0.1) is 0 Å². The van der Waals surface area contributed by atoms with Gasteiger partial charge in [0.15, 0.2) is 0 Å². The molecule has 35 heavy (non-hydrogen) atoms. The SMILES string of the molecule is O=C(NCC1(c2ccccc2)CCOCC1)C1CC12CCN(Cc1ccc(OCCO)cc1)CC2. The van der Waals surface area contributed by atoms with Crippen LogP contribution in [0.15, 0.2) is 54.6 Å². The van der Waals surface area contributed by atoms with E-state index in [1.165, 1.54) is 11.1 Å². The van der Waals surface area contributed by atoms with Crippen molar-refractivity contribution in [2.45, 2.75) is 44.1 Å². The van der Waals surface area contributed by atoms with Crippen LogP contribution in [0.5, 0.6) is 5.75 Å². The Morgan fingerprint density at radius 3 is 2.43 bits per heavy atom. The Kier molecular flexibility index (Phi) is 7.42. The van der Waals surface area contributed by atoms with E-state index in [-0.39, 0.29) is 29.3 Å². The van der Waals surface area contributed by atoms with Crippen molar-refractivity contribution in [1.82, 2.24) is 10.2 Å². The molecule has 0 bridgehead atoms. The summed E-state index contributed by atoms with van der Waals surface area (Å²) in [6.07, 6.45) is 5.14. The molecule has 0 radical (unpaired) electrons. The maximum absolute atomic E-state index is 13.2. The van der Waals surface area contributed by atoms with Crippen LogP contribution in [0.2, 0.25) is 0 Å². The Morgan fingerprint density at radius 2 is 1.74 bits per heavy atom. The number of aliphatic hydroxyl groups is 1. The normalized spacial score (nSPS) is 23.1. The van der Waals surface area contributed by atoms with Gasteiger partial charge in [0.1, 0.15) is 12.4 Å². The molecule has 6 heteroatoms. The van der Waals surface area contributed by atoms with Crippen LogP contribution in [0, 0.1) is 11.3 Å². The first-order chi connectivity index (χ1) is 17.1. The highest BCUT2D eigenvalue weighted by Crippen LogP contribution is 2.59. The lowest BCUT2D eigenvalue weighted by Crippen LogP contribution is -2.45. The van der Waals surface area contributed by atoms with E-state index in [2.05, 4.69) is 52.7 Å². The van der Waals surface area contributed by atoms with E-state index in [1.54, 1.807) is 0 Å². The fraction of sp³-hybridized carbons (Fsp3) is 0.552. The van der Waals surface area contributed by atoms with Crippen molar-refractivity contribution in [3.8, 4) is 5.75 Å². The van der Waals surface area contributed by atoms with Crippen LogP contribution in [-0.2, 0) is 21.5 Å². The summed E-state index contributed by atoms with van der Waals surface area (Å²) in [6.45, 7) is 5.57. The van der Waals surface area contributed by atoms with Crippen molar-refractivity contribution in [3.05, 3.63) is 65.7 Å².